The molecule has 0 aromatic carbocycles. The Balaban J connectivity index is 2.71. The van der Waals surface area contributed by atoms with Gasteiger partial charge in [-0.15, -0.1) is 0 Å². The van der Waals surface area contributed by atoms with Gasteiger partial charge in [-0.25, -0.2) is 0 Å². The minimum absolute atomic E-state index is 0.149. The highest BCUT2D eigenvalue weighted by Gasteiger charge is 2.33. The van der Waals surface area contributed by atoms with Crippen LogP contribution in [0.1, 0.15) is 10.4 Å². The first kappa shape index (κ1) is 13.3. The van der Waals surface area contributed by atoms with Crippen molar-refractivity contribution in [3.63, 3.8) is 0 Å². The summed E-state index contributed by atoms with van der Waals surface area (Å²) >= 11 is 2.85. The molecule has 1 amide bonds. The third-order valence-corrected chi connectivity index (χ3v) is 3.70. The maximum absolute atomic E-state index is 12.5. The summed E-state index contributed by atoms with van der Waals surface area (Å²) in [4.78, 5) is 11.2. The number of pyridine rings is 1. The number of aromatic nitrogens is 1. The molecule has 8 heteroatoms. The summed E-state index contributed by atoms with van der Waals surface area (Å²) in [6.07, 6.45) is 1.45. The SMILES string of the molecule is NC(=O)c1cc2c(Br)cccn2c1SC(F)(F)F. The lowest BCUT2D eigenvalue weighted by Crippen LogP contribution is -2.12. The van der Waals surface area contributed by atoms with E-state index in [1.54, 1.807) is 12.1 Å². The Bertz CT molecular complexity index is 623. The van der Waals surface area contributed by atoms with Crippen molar-refractivity contribution in [3.05, 3.63) is 34.4 Å². The average molecular weight is 339 g/mol. The van der Waals surface area contributed by atoms with Gasteiger partial charge >= 0.3 is 5.51 Å². The molecule has 0 unspecified atom stereocenters. The molecular weight excluding hydrogens is 333 g/mol. The molecule has 18 heavy (non-hydrogen) atoms. The van der Waals surface area contributed by atoms with Crippen LogP contribution in [0.15, 0.2) is 33.9 Å². The van der Waals surface area contributed by atoms with E-state index >= 15 is 0 Å². The molecule has 2 aromatic rings. The summed E-state index contributed by atoms with van der Waals surface area (Å²) in [5.74, 6) is -0.891. The topological polar surface area (TPSA) is 47.5 Å². The third kappa shape index (κ3) is 2.49. The van der Waals surface area contributed by atoms with Gasteiger partial charge in [-0.05, 0) is 34.1 Å². The van der Waals surface area contributed by atoms with Gasteiger partial charge in [-0.3, -0.25) is 4.79 Å². The molecule has 2 rings (SSSR count). The minimum Gasteiger partial charge on any atom is -0.366 e. The number of rotatable bonds is 2. The van der Waals surface area contributed by atoms with E-state index in [1.165, 1.54) is 16.7 Å². The number of alkyl halides is 3. The van der Waals surface area contributed by atoms with E-state index in [9.17, 15) is 18.0 Å². The van der Waals surface area contributed by atoms with Crippen LogP contribution >= 0.6 is 27.7 Å². The second-order valence-corrected chi connectivity index (χ2v) is 5.29. The highest BCUT2D eigenvalue weighted by atomic mass is 79.9. The molecule has 2 N–H and O–H groups in total. The van der Waals surface area contributed by atoms with Gasteiger partial charge in [0.15, 0.2) is 0 Å². The van der Waals surface area contributed by atoms with Gasteiger partial charge in [-0.2, -0.15) is 13.2 Å². The number of nitrogens with zero attached hydrogens (tertiary/aromatic N) is 1. The fraction of sp³-hybridized carbons (Fsp3) is 0.100. The van der Waals surface area contributed by atoms with E-state index in [4.69, 9.17) is 5.73 Å². The predicted octanol–water partition coefficient (Wildman–Crippen LogP) is 3.41. The molecule has 0 atom stereocenters. The maximum Gasteiger partial charge on any atom is 0.447 e. The van der Waals surface area contributed by atoms with Crippen LogP contribution in [0.2, 0.25) is 0 Å². The second-order valence-electron chi connectivity index (χ2n) is 3.39. The Labute approximate surface area is 112 Å². The fourth-order valence-electron chi connectivity index (χ4n) is 1.53. The highest BCUT2D eigenvalue weighted by molar-refractivity contribution is 9.10. The second kappa shape index (κ2) is 4.51. The molecular formula is C10H6BrF3N2OS. The minimum atomic E-state index is -4.49. The Morgan fingerprint density at radius 1 is 1.44 bits per heavy atom. The number of primary amides is 1. The van der Waals surface area contributed by atoms with Gasteiger partial charge in [-0.1, -0.05) is 0 Å². The zero-order valence-electron chi connectivity index (χ0n) is 8.66. The van der Waals surface area contributed by atoms with Crippen LogP contribution in [0, 0.1) is 0 Å². The number of hydrogen-bond acceptors (Lipinski definition) is 2. The van der Waals surface area contributed by atoms with Crippen molar-refractivity contribution in [3.8, 4) is 0 Å². The van der Waals surface area contributed by atoms with Gasteiger partial charge in [0, 0.05) is 22.4 Å². The lowest BCUT2D eigenvalue weighted by molar-refractivity contribution is -0.0329. The molecule has 0 saturated heterocycles. The molecule has 2 heterocycles. The smallest absolute Gasteiger partial charge is 0.366 e. The van der Waals surface area contributed by atoms with Crippen molar-refractivity contribution >= 4 is 39.1 Å². The van der Waals surface area contributed by atoms with Crippen molar-refractivity contribution < 1.29 is 18.0 Å². The molecule has 2 aromatic heterocycles. The van der Waals surface area contributed by atoms with Crippen molar-refractivity contribution in [1.29, 1.82) is 0 Å². The fourth-order valence-corrected chi connectivity index (χ4v) is 2.73. The van der Waals surface area contributed by atoms with Gasteiger partial charge in [0.1, 0.15) is 5.03 Å². The molecule has 0 fully saturated rings. The zero-order valence-corrected chi connectivity index (χ0v) is 11.1. The van der Waals surface area contributed by atoms with Crippen LogP contribution in [0.3, 0.4) is 0 Å². The number of hydrogen-bond donors (Lipinski definition) is 1. The van der Waals surface area contributed by atoms with Gasteiger partial charge in [0.05, 0.1) is 11.1 Å². The molecule has 0 aliphatic heterocycles. The summed E-state index contributed by atoms with van der Waals surface area (Å²) in [6.45, 7) is 0. The average Bonchev–Trinajstić information content (AvgIpc) is 2.57. The number of nitrogens with two attached hydrogens (primary N) is 1. The standard InChI is InChI=1S/C10H6BrF3N2OS/c11-6-2-1-3-16-7(6)4-5(8(15)17)9(16)18-10(12,13)14/h1-4H,(H2,15,17). The summed E-state index contributed by atoms with van der Waals surface area (Å²) in [6, 6.07) is 4.57. The van der Waals surface area contributed by atoms with Gasteiger partial charge in [0.2, 0.25) is 0 Å². The number of thioether (sulfide) groups is 1. The Hall–Kier alpha value is -1.15. The molecule has 96 valence electrons. The van der Waals surface area contributed by atoms with E-state index in [0.29, 0.717) is 9.99 Å². The Morgan fingerprint density at radius 2 is 2.11 bits per heavy atom. The van der Waals surface area contributed by atoms with Crippen molar-refractivity contribution in [2.24, 2.45) is 5.73 Å². The number of carbonyl (C=O) groups excluding carboxylic acids is 1. The molecule has 0 aliphatic rings. The summed E-state index contributed by atoms with van der Waals surface area (Å²) in [5, 5.41) is -0.230. The normalized spacial score (nSPS) is 12.0. The van der Waals surface area contributed by atoms with Crippen LogP contribution in [0.4, 0.5) is 13.2 Å². The first-order chi connectivity index (χ1) is 8.29. The van der Waals surface area contributed by atoms with Crippen molar-refractivity contribution in [2.75, 3.05) is 0 Å². The summed E-state index contributed by atoms with van der Waals surface area (Å²) in [5.41, 5.74) is 0.921. The largest absolute Gasteiger partial charge is 0.447 e. The lowest BCUT2D eigenvalue weighted by Gasteiger charge is -2.07. The van der Waals surface area contributed by atoms with Crippen molar-refractivity contribution in [1.82, 2.24) is 4.40 Å². The first-order valence-corrected chi connectivity index (χ1v) is 6.25. The van der Waals surface area contributed by atoms with Gasteiger partial charge < -0.3 is 10.1 Å². The molecule has 0 spiro atoms. The molecule has 3 nitrogen and oxygen atoms in total. The third-order valence-electron chi connectivity index (χ3n) is 2.19. The predicted molar refractivity (Wildman–Crippen MR) is 65.5 cm³/mol. The molecule has 0 radical (unpaired) electrons. The van der Waals surface area contributed by atoms with E-state index in [2.05, 4.69) is 15.9 Å². The zero-order chi connectivity index (χ0) is 13.5. The van der Waals surface area contributed by atoms with Crippen LogP contribution in [-0.2, 0) is 0 Å². The quantitative estimate of drug-likeness (QED) is 0.853. The van der Waals surface area contributed by atoms with Crippen LogP contribution < -0.4 is 5.73 Å². The highest BCUT2D eigenvalue weighted by Crippen LogP contribution is 2.40. The van der Waals surface area contributed by atoms with Gasteiger partial charge in [0.25, 0.3) is 5.91 Å². The lowest BCUT2D eigenvalue weighted by atomic mass is 10.3. The first-order valence-electron chi connectivity index (χ1n) is 4.65. The maximum atomic E-state index is 12.5. The van der Waals surface area contributed by atoms with E-state index < -0.39 is 11.4 Å². The number of amides is 1. The molecule has 0 saturated carbocycles. The van der Waals surface area contributed by atoms with Crippen LogP contribution in [0.25, 0.3) is 5.52 Å². The number of fused-ring (bicyclic) bond motifs is 1. The Kier molecular flexibility index (Phi) is 3.33. The van der Waals surface area contributed by atoms with E-state index in [1.807, 2.05) is 0 Å². The van der Waals surface area contributed by atoms with E-state index in [-0.39, 0.29) is 22.4 Å². The number of carbonyl (C=O) groups is 1. The monoisotopic (exact) mass is 338 g/mol. The summed E-state index contributed by atoms with van der Waals surface area (Å²) in [7, 11) is 0. The Morgan fingerprint density at radius 3 is 2.67 bits per heavy atom. The van der Waals surface area contributed by atoms with E-state index in [0.717, 1.165) is 0 Å². The van der Waals surface area contributed by atoms with Crippen molar-refractivity contribution in [2.45, 2.75) is 10.5 Å². The van der Waals surface area contributed by atoms with Crippen LogP contribution in [-0.4, -0.2) is 15.8 Å². The number of halogens is 4. The molecule has 0 bridgehead atoms. The summed E-state index contributed by atoms with van der Waals surface area (Å²) < 4.78 is 39.3. The molecule has 0 aliphatic carbocycles. The van der Waals surface area contributed by atoms with Crippen LogP contribution in [0.5, 0.6) is 0 Å².